The van der Waals surface area contributed by atoms with E-state index in [2.05, 4.69) is 5.32 Å². The Morgan fingerprint density at radius 3 is 2.22 bits per heavy atom. The minimum atomic E-state index is -3.96. The number of rotatable bonds is 13. The number of halogens is 1. The summed E-state index contributed by atoms with van der Waals surface area (Å²) >= 11 is 0. The van der Waals surface area contributed by atoms with E-state index in [4.69, 9.17) is 9.47 Å². The third kappa shape index (κ3) is 8.34. The van der Waals surface area contributed by atoms with Gasteiger partial charge >= 0.3 is 0 Å². The second kappa shape index (κ2) is 13.3. The van der Waals surface area contributed by atoms with Crippen molar-refractivity contribution in [3.63, 3.8) is 0 Å². The fourth-order valence-corrected chi connectivity index (χ4v) is 4.56. The fraction of sp³-hybridized carbons (Fsp3) is 0.462. The van der Waals surface area contributed by atoms with Crippen molar-refractivity contribution in [3.8, 4) is 11.5 Å². The van der Waals surface area contributed by atoms with Gasteiger partial charge in [-0.25, -0.2) is 12.8 Å². The molecule has 0 radical (unpaired) electrons. The second-order valence-electron chi connectivity index (χ2n) is 9.02. The number of methoxy groups -OCH3 is 2. The lowest BCUT2D eigenvalue weighted by molar-refractivity contribution is -0.140. The Hall–Kier alpha value is -3.34. The molecule has 0 bridgehead atoms. The van der Waals surface area contributed by atoms with Crippen LogP contribution in [0.15, 0.2) is 42.5 Å². The summed E-state index contributed by atoms with van der Waals surface area (Å²) in [6.07, 6.45) is 1.27. The smallest absolute Gasteiger partial charge is 0.244 e. The standard InChI is InChI=1S/C26H36FN3O6S/c1-7-22(26(32)28-15-18(2)3)29(16-19-8-10-20(27)11-9-19)25(31)17-30(37(6,33)34)23-14-21(35-4)12-13-24(23)36-5/h8-14,18,22H,7,15-17H2,1-6H3,(H,28,32)/t22-/m1/s1. The van der Waals surface area contributed by atoms with Gasteiger partial charge in [-0.15, -0.1) is 0 Å². The molecule has 11 heteroatoms. The van der Waals surface area contributed by atoms with E-state index < -0.39 is 34.3 Å². The Bertz CT molecular complexity index is 1170. The summed E-state index contributed by atoms with van der Waals surface area (Å²) in [4.78, 5) is 28.1. The fourth-order valence-electron chi connectivity index (χ4n) is 3.71. The molecule has 0 aromatic heterocycles. The molecule has 0 saturated heterocycles. The van der Waals surface area contributed by atoms with Crippen molar-refractivity contribution in [1.29, 1.82) is 0 Å². The SMILES string of the molecule is CC[C@H](C(=O)NCC(C)C)N(Cc1ccc(F)cc1)C(=O)CN(c1cc(OC)ccc1OC)S(C)(=O)=O. The Labute approximate surface area is 218 Å². The maximum Gasteiger partial charge on any atom is 0.244 e. The van der Waals surface area contributed by atoms with Crippen LogP contribution in [0.5, 0.6) is 11.5 Å². The van der Waals surface area contributed by atoms with Crippen molar-refractivity contribution in [1.82, 2.24) is 10.2 Å². The van der Waals surface area contributed by atoms with E-state index in [1.54, 1.807) is 19.1 Å². The Morgan fingerprint density at radius 2 is 1.70 bits per heavy atom. The van der Waals surface area contributed by atoms with Crippen molar-refractivity contribution in [2.45, 2.75) is 39.8 Å². The van der Waals surface area contributed by atoms with Crippen LogP contribution in [-0.2, 0) is 26.2 Å². The number of hydrogen-bond donors (Lipinski definition) is 1. The van der Waals surface area contributed by atoms with E-state index in [9.17, 15) is 22.4 Å². The van der Waals surface area contributed by atoms with Crippen LogP contribution in [0, 0.1) is 11.7 Å². The highest BCUT2D eigenvalue weighted by atomic mass is 32.2. The minimum Gasteiger partial charge on any atom is -0.497 e. The minimum absolute atomic E-state index is 0.0143. The number of sulfonamides is 1. The predicted octanol–water partition coefficient (Wildman–Crippen LogP) is 3.19. The van der Waals surface area contributed by atoms with Crippen molar-refractivity contribution >= 4 is 27.5 Å². The lowest BCUT2D eigenvalue weighted by atomic mass is 10.1. The molecule has 0 unspecified atom stereocenters. The van der Waals surface area contributed by atoms with Crippen molar-refractivity contribution in [3.05, 3.63) is 53.8 Å². The van der Waals surface area contributed by atoms with E-state index in [0.717, 1.165) is 10.6 Å². The van der Waals surface area contributed by atoms with Gasteiger partial charge in [-0.1, -0.05) is 32.9 Å². The van der Waals surface area contributed by atoms with E-state index >= 15 is 0 Å². The van der Waals surface area contributed by atoms with Crippen LogP contribution >= 0.6 is 0 Å². The van der Waals surface area contributed by atoms with Gasteiger partial charge < -0.3 is 19.7 Å². The lowest BCUT2D eigenvalue weighted by Gasteiger charge is -2.33. The lowest BCUT2D eigenvalue weighted by Crippen LogP contribution is -2.52. The van der Waals surface area contributed by atoms with Crippen LogP contribution in [-0.4, -0.2) is 64.7 Å². The third-order valence-corrected chi connectivity index (χ3v) is 6.80. The van der Waals surface area contributed by atoms with Crippen LogP contribution in [0.2, 0.25) is 0 Å². The highest BCUT2D eigenvalue weighted by molar-refractivity contribution is 7.92. The van der Waals surface area contributed by atoms with Crippen LogP contribution in [0.4, 0.5) is 10.1 Å². The largest absolute Gasteiger partial charge is 0.497 e. The van der Waals surface area contributed by atoms with Gasteiger partial charge in [0.25, 0.3) is 0 Å². The van der Waals surface area contributed by atoms with Gasteiger partial charge in [-0.2, -0.15) is 0 Å². The molecule has 2 aromatic carbocycles. The Kier molecular flexibility index (Phi) is 10.7. The first kappa shape index (κ1) is 29.9. The van der Waals surface area contributed by atoms with E-state index in [1.807, 2.05) is 13.8 Å². The number of nitrogens with zero attached hydrogens (tertiary/aromatic N) is 2. The molecule has 0 saturated carbocycles. The molecule has 0 heterocycles. The summed E-state index contributed by atoms with van der Waals surface area (Å²) in [5.74, 6) is -0.589. The maximum absolute atomic E-state index is 13.7. The Balaban J connectivity index is 2.50. The first-order valence-corrected chi connectivity index (χ1v) is 13.8. The molecular formula is C26H36FN3O6S. The zero-order valence-electron chi connectivity index (χ0n) is 22.2. The summed E-state index contributed by atoms with van der Waals surface area (Å²) in [5.41, 5.74) is 0.714. The van der Waals surface area contributed by atoms with Crippen molar-refractivity contribution < 1.29 is 31.9 Å². The highest BCUT2D eigenvalue weighted by Gasteiger charge is 2.32. The number of anilines is 1. The van der Waals surface area contributed by atoms with Crippen LogP contribution < -0.4 is 19.1 Å². The molecular weight excluding hydrogens is 501 g/mol. The average molecular weight is 538 g/mol. The zero-order chi connectivity index (χ0) is 27.8. The van der Waals surface area contributed by atoms with Crippen molar-refractivity contribution in [2.75, 3.05) is 37.9 Å². The number of amides is 2. The number of benzene rings is 2. The van der Waals surface area contributed by atoms with Gasteiger partial charge in [0.05, 0.1) is 26.2 Å². The van der Waals surface area contributed by atoms with Gasteiger partial charge in [-0.05, 0) is 42.2 Å². The number of carbonyl (C=O) groups excluding carboxylic acids is 2. The molecule has 2 aromatic rings. The van der Waals surface area contributed by atoms with Crippen LogP contribution in [0.25, 0.3) is 0 Å². The molecule has 204 valence electrons. The maximum atomic E-state index is 13.7. The van der Waals surface area contributed by atoms with E-state index in [1.165, 1.54) is 49.5 Å². The summed E-state index contributed by atoms with van der Waals surface area (Å²) in [6, 6.07) is 9.32. The average Bonchev–Trinajstić information content (AvgIpc) is 2.85. The molecule has 1 atom stereocenters. The molecule has 2 amide bonds. The first-order chi connectivity index (χ1) is 17.4. The number of hydrogen-bond acceptors (Lipinski definition) is 6. The quantitative estimate of drug-likeness (QED) is 0.421. The zero-order valence-corrected chi connectivity index (χ0v) is 23.0. The summed E-state index contributed by atoms with van der Waals surface area (Å²) < 4.78 is 50.7. The van der Waals surface area contributed by atoms with Crippen LogP contribution in [0.3, 0.4) is 0 Å². The molecule has 0 aliphatic rings. The summed E-state index contributed by atoms with van der Waals surface area (Å²) in [6.45, 7) is 5.49. The van der Waals surface area contributed by atoms with Gasteiger partial charge in [0.1, 0.15) is 29.9 Å². The highest BCUT2D eigenvalue weighted by Crippen LogP contribution is 2.34. The predicted molar refractivity (Wildman–Crippen MR) is 141 cm³/mol. The second-order valence-corrected chi connectivity index (χ2v) is 10.9. The van der Waals surface area contributed by atoms with Gasteiger partial charge in [-0.3, -0.25) is 13.9 Å². The molecule has 0 aliphatic carbocycles. The Morgan fingerprint density at radius 1 is 1.05 bits per heavy atom. The molecule has 0 aliphatic heterocycles. The topological polar surface area (TPSA) is 105 Å². The van der Waals surface area contributed by atoms with Gasteiger partial charge in [0, 0.05) is 19.2 Å². The van der Waals surface area contributed by atoms with Crippen LogP contribution in [0.1, 0.15) is 32.8 Å². The third-order valence-electron chi connectivity index (χ3n) is 5.67. The number of ether oxygens (including phenoxy) is 2. The van der Waals surface area contributed by atoms with E-state index in [0.29, 0.717) is 17.9 Å². The normalized spacial score (nSPS) is 12.1. The molecule has 1 N–H and O–H groups in total. The van der Waals surface area contributed by atoms with Gasteiger partial charge in [0.15, 0.2) is 0 Å². The molecule has 9 nitrogen and oxygen atoms in total. The van der Waals surface area contributed by atoms with E-state index in [-0.39, 0.29) is 36.2 Å². The van der Waals surface area contributed by atoms with Crippen molar-refractivity contribution in [2.24, 2.45) is 5.92 Å². The molecule has 0 fully saturated rings. The molecule has 2 rings (SSSR count). The number of carbonyl (C=O) groups is 2. The van der Waals surface area contributed by atoms with Gasteiger partial charge in [0.2, 0.25) is 21.8 Å². The summed E-state index contributed by atoms with van der Waals surface area (Å²) in [5, 5.41) is 2.85. The first-order valence-electron chi connectivity index (χ1n) is 11.9. The molecule has 0 spiro atoms. The monoisotopic (exact) mass is 537 g/mol. The molecule has 37 heavy (non-hydrogen) atoms. The summed E-state index contributed by atoms with van der Waals surface area (Å²) in [7, 11) is -1.13. The number of nitrogens with one attached hydrogen (secondary N) is 1.